The summed E-state index contributed by atoms with van der Waals surface area (Å²) in [6, 6.07) is 4.79. The Balaban J connectivity index is 2.58. The first-order valence-electron chi connectivity index (χ1n) is 4.84. The van der Waals surface area contributed by atoms with Crippen molar-refractivity contribution >= 4 is 11.6 Å². The Morgan fingerprint density at radius 2 is 1.94 bits per heavy atom. The van der Waals surface area contributed by atoms with Gasteiger partial charge in [-0.1, -0.05) is 12.1 Å². The van der Waals surface area contributed by atoms with Crippen LogP contribution in [0.3, 0.4) is 0 Å². The third kappa shape index (κ3) is 2.04. The quantitative estimate of drug-likeness (QED) is 0.748. The van der Waals surface area contributed by atoms with Crippen LogP contribution >= 0.6 is 11.6 Å². The number of hydrogen-bond donors (Lipinski definition) is 0. The van der Waals surface area contributed by atoms with E-state index in [1.165, 1.54) is 6.07 Å². The van der Waals surface area contributed by atoms with Crippen LogP contribution in [0.5, 0.6) is 0 Å². The largest absolute Gasteiger partial charge is 0.236 e. The van der Waals surface area contributed by atoms with Gasteiger partial charge in [0.1, 0.15) is 5.82 Å². The maximum absolute atomic E-state index is 13.7. The highest BCUT2D eigenvalue weighted by molar-refractivity contribution is 6.17. The van der Waals surface area contributed by atoms with Crippen molar-refractivity contribution in [1.82, 2.24) is 9.97 Å². The van der Waals surface area contributed by atoms with Gasteiger partial charge in [0.05, 0.1) is 5.56 Å². The Morgan fingerprint density at radius 3 is 2.56 bits per heavy atom. The van der Waals surface area contributed by atoms with E-state index in [0.717, 1.165) is 5.56 Å². The Bertz CT molecular complexity index is 497. The third-order valence-corrected chi connectivity index (χ3v) is 2.54. The molecule has 2 rings (SSSR count). The smallest absolute Gasteiger partial charge is 0.162 e. The second kappa shape index (κ2) is 4.58. The molecule has 0 saturated carbocycles. The number of aromatic nitrogens is 2. The summed E-state index contributed by atoms with van der Waals surface area (Å²) in [5, 5.41) is 0. The molecule has 0 aliphatic carbocycles. The first-order chi connectivity index (χ1) is 7.72. The molecule has 1 aromatic carbocycles. The normalized spacial score (nSPS) is 10.4. The molecule has 0 N–H and O–H groups in total. The first-order valence-corrected chi connectivity index (χ1v) is 5.38. The molecule has 82 valence electrons. The van der Waals surface area contributed by atoms with Crippen LogP contribution in [0.4, 0.5) is 4.39 Å². The highest BCUT2D eigenvalue weighted by atomic mass is 35.5. The van der Waals surface area contributed by atoms with Crippen LogP contribution in [0.1, 0.15) is 11.1 Å². The number of nitrogens with zero attached hydrogens (tertiary/aromatic N) is 2. The average molecular weight is 237 g/mol. The van der Waals surface area contributed by atoms with E-state index in [1.807, 2.05) is 6.92 Å². The number of alkyl halides is 1. The summed E-state index contributed by atoms with van der Waals surface area (Å²) < 4.78 is 13.7. The highest BCUT2D eigenvalue weighted by Gasteiger charge is 2.12. The minimum atomic E-state index is -0.345. The lowest BCUT2D eigenvalue weighted by molar-refractivity contribution is 0.628. The van der Waals surface area contributed by atoms with Crippen molar-refractivity contribution in [2.45, 2.75) is 12.8 Å². The lowest BCUT2D eigenvalue weighted by Crippen LogP contribution is -1.96. The molecule has 0 aliphatic heterocycles. The second-order valence-electron chi connectivity index (χ2n) is 3.49. The lowest BCUT2D eigenvalue weighted by atomic mass is 10.1. The Labute approximate surface area is 98.1 Å². The molecule has 0 fully saturated rings. The van der Waals surface area contributed by atoms with Gasteiger partial charge in [-0.05, 0) is 24.1 Å². The van der Waals surface area contributed by atoms with Crippen molar-refractivity contribution in [3.8, 4) is 11.4 Å². The zero-order valence-electron chi connectivity index (χ0n) is 8.74. The van der Waals surface area contributed by atoms with Crippen molar-refractivity contribution in [1.29, 1.82) is 0 Å². The van der Waals surface area contributed by atoms with Gasteiger partial charge in [-0.25, -0.2) is 14.4 Å². The molecule has 2 aromatic rings. The standard InChI is InChI=1S/C12H10ClFN2/c1-8-6-15-12(16-7-8)11-9(5-13)3-2-4-10(11)14/h2-4,6-7H,5H2,1H3. The second-order valence-corrected chi connectivity index (χ2v) is 3.76. The summed E-state index contributed by atoms with van der Waals surface area (Å²) in [6.45, 7) is 1.88. The van der Waals surface area contributed by atoms with E-state index in [-0.39, 0.29) is 11.7 Å². The number of aryl methyl sites for hydroxylation is 1. The summed E-state index contributed by atoms with van der Waals surface area (Å²) in [6.07, 6.45) is 3.32. The molecule has 0 aliphatic rings. The fraction of sp³-hybridized carbons (Fsp3) is 0.167. The highest BCUT2D eigenvalue weighted by Crippen LogP contribution is 2.24. The molecule has 4 heteroatoms. The fourth-order valence-electron chi connectivity index (χ4n) is 1.45. The van der Waals surface area contributed by atoms with Crippen LogP contribution in [0, 0.1) is 12.7 Å². The number of benzene rings is 1. The van der Waals surface area contributed by atoms with E-state index in [9.17, 15) is 4.39 Å². The van der Waals surface area contributed by atoms with Crippen molar-refractivity contribution < 1.29 is 4.39 Å². The van der Waals surface area contributed by atoms with E-state index in [1.54, 1.807) is 24.5 Å². The summed E-state index contributed by atoms with van der Waals surface area (Å²) in [5.74, 6) is 0.269. The van der Waals surface area contributed by atoms with Gasteiger partial charge in [-0.2, -0.15) is 0 Å². The SMILES string of the molecule is Cc1cnc(-c2c(F)cccc2CCl)nc1. The minimum Gasteiger partial charge on any atom is -0.236 e. The molecule has 1 aromatic heterocycles. The van der Waals surface area contributed by atoms with Gasteiger partial charge in [0.15, 0.2) is 5.82 Å². The maximum Gasteiger partial charge on any atom is 0.162 e. The lowest BCUT2D eigenvalue weighted by Gasteiger charge is -2.06. The fourth-order valence-corrected chi connectivity index (χ4v) is 1.67. The van der Waals surface area contributed by atoms with Crippen LogP contribution in [0.15, 0.2) is 30.6 Å². The van der Waals surface area contributed by atoms with Gasteiger partial charge < -0.3 is 0 Å². The van der Waals surface area contributed by atoms with E-state index < -0.39 is 0 Å². The molecule has 0 spiro atoms. The molecule has 0 bridgehead atoms. The molecular weight excluding hydrogens is 227 g/mol. The molecule has 0 radical (unpaired) electrons. The molecule has 0 saturated heterocycles. The summed E-state index contributed by atoms with van der Waals surface area (Å²) >= 11 is 5.76. The molecular formula is C12H10ClFN2. The van der Waals surface area contributed by atoms with Crippen LogP contribution < -0.4 is 0 Å². The Hall–Kier alpha value is -1.48. The Kier molecular flexibility index (Phi) is 3.15. The van der Waals surface area contributed by atoms with Crippen LogP contribution in [0.2, 0.25) is 0 Å². The summed E-state index contributed by atoms with van der Waals surface area (Å²) in [5.41, 5.74) is 2.02. The zero-order chi connectivity index (χ0) is 11.5. The first kappa shape index (κ1) is 11.0. The van der Waals surface area contributed by atoms with Crippen molar-refractivity contribution in [2.24, 2.45) is 0 Å². The van der Waals surface area contributed by atoms with E-state index >= 15 is 0 Å². The molecule has 2 nitrogen and oxygen atoms in total. The van der Waals surface area contributed by atoms with Gasteiger partial charge in [-0.15, -0.1) is 11.6 Å². The monoisotopic (exact) mass is 236 g/mol. The van der Waals surface area contributed by atoms with E-state index in [0.29, 0.717) is 17.0 Å². The molecule has 0 unspecified atom stereocenters. The minimum absolute atomic E-state index is 0.240. The summed E-state index contributed by atoms with van der Waals surface area (Å²) in [4.78, 5) is 8.22. The molecule has 16 heavy (non-hydrogen) atoms. The van der Waals surface area contributed by atoms with Gasteiger partial charge in [0.25, 0.3) is 0 Å². The van der Waals surface area contributed by atoms with Gasteiger partial charge >= 0.3 is 0 Å². The van der Waals surface area contributed by atoms with Crippen LogP contribution in [-0.4, -0.2) is 9.97 Å². The van der Waals surface area contributed by atoms with Crippen LogP contribution in [-0.2, 0) is 5.88 Å². The van der Waals surface area contributed by atoms with E-state index in [2.05, 4.69) is 9.97 Å². The average Bonchev–Trinajstić information content (AvgIpc) is 2.30. The molecule has 0 atom stereocenters. The summed E-state index contributed by atoms with van der Waals surface area (Å²) in [7, 11) is 0. The van der Waals surface area contributed by atoms with Crippen molar-refractivity contribution in [3.63, 3.8) is 0 Å². The van der Waals surface area contributed by atoms with Crippen molar-refractivity contribution in [2.75, 3.05) is 0 Å². The molecule has 0 amide bonds. The zero-order valence-corrected chi connectivity index (χ0v) is 9.50. The predicted octanol–water partition coefficient (Wildman–Crippen LogP) is 3.33. The topological polar surface area (TPSA) is 25.8 Å². The molecule has 1 heterocycles. The van der Waals surface area contributed by atoms with E-state index in [4.69, 9.17) is 11.6 Å². The maximum atomic E-state index is 13.7. The predicted molar refractivity (Wildman–Crippen MR) is 61.7 cm³/mol. The van der Waals surface area contributed by atoms with Crippen LogP contribution in [0.25, 0.3) is 11.4 Å². The van der Waals surface area contributed by atoms with Gasteiger partial charge in [0, 0.05) is 18.3 Å². The van der Waals surface area contributed by atoms with Gasteiger partial charge in [0.2, 0.25) is 0 Å². The number of halogens is 2. The van der Waals surface area contributed by atoms with Gasteiger partial charge in [-0.3, -0.25) is 0 Å². The Morgan fingerprint density at radius 1 is 1.25 bits per heavy atom. The number of hydrogen-bond acceptors (Lipinski definition) is 2. The van der Waals surface area contributed by atoms with Crippen molar-refractivity contribution in [3.05, 3.63) is 47.5 Å². The number of rotatable bonds is 2. The third-order valence-electron chi connectivity index (χ3n) is 2.25.